The second kappa shape index (κ2) is 5.63. The Hall–Kier alpha value is -1.88. The average Bonchev–Trinajstić information content (AvgIpc) is 3.14. The van der Waals surface area contributed by atoms with Crippen molar-refractivity contribution in [2.75, 3.05) is 18.6 Å². The molecule has 0 aromatic carbocycles. The van der Waals surface area contributed by atoms with Gasteiger partial charge in [0.05, 0.1) is 31.0 Å². The summed E-state index contributed by atoms with van der Waals surface area (Å²) in [6, 6.07) is 8.15. The fourth-order valence-electron chi connectivity index (χ4n) is 2.64. The number of thiophene rings is 1. The minimum atomic E-state index is -0.180. The van der Waals surface area contributed by atoms with E-state index in [1.54, 1.807) is 11.3 Å². The Morgan fingerprint density at radius 2 is 2.40 bits per heavy atom. The van der Waals surface area contributed by atoms with Crippen LogP contribution in [0.2, 0.25) is 0 Å². The number of anilines is 1. The summed E-state index contributed by atoms with van der Waals surface area (Å²) >= 11 is 1.68. The van der Waals surface area contributed by atoms with E-state index in [2.05, 4.69) is 22.0 Å². The van der Waals surface area contributed by atoms with Gasteiger partial charge in [-0.3, -0.25) is 9.78 Å². The highest BCUT2D eigenvalue weighted by molar-refractivity contribution is 7.10. The van der Waals surface area contributed by atoms with E-state index in [1.165, 1.54) is 12.0 Å². The SMILES string of the molecule is COC(=O)CC(c1cccs1)N1CCc2ncccc21. The van der Waals surface area contributed by atoms with Crippen molar-refractivity contribution in [2.24, 2.45) is 0 Å². The van der Waals surface area contributed by atoms with Gasteiger partial charge in [0.25, 0.3) is 0 Å². The lowest BCUT2D eigenvalue weighted by Crippen LogP contribution is -2.28. The molecule has 0 aliphatic carbocycles. The van der Waals surface area contributed by atoms with Crippen LogP contribution in [0.5, 0.6) is 0 Å². The lowest BCUT2D eigenvalue weighted by molar-refractivity contribution is -0.141. The van der Waals surface area contributed by atoms with E-state index in [0.29, 0.717) is 6.42 Å². The van der Waals surface area contributed by atoms with E-state index in [1.807, 2.05) is 23.7 Å². The summed E-state index contributed by atoms with van der Waals surface area (Å²) in [5, 5.41) is 2.04. The summed E-state index contributed by atoms with van der Waals surface area (Å²) in [5.74, 6) is -0.180. The molecule has 104 valence electrons. The Labute approximate surface area is 122 Å². The zero-order valence-electron chi connectivity index (χ0n) is 11.3. The van der Waals surface area contributed by atoms with Crippen LogP contribution in [0.3, 0.4) is 0 Å². The van der Waals surface area contributed by atoms with Crippen LogP contribution in [-0.4, -0.2) is 24.6 Å². The molecular formula is C15H16N2O2S. The molecule has 1 aliphatic rings. The van der Waals surface area contributed by atoms with E-state index < -0.39 is 0 Å². The fraction of sp³-hybridized carbons (Fsp3) is 0.333. The summed E-state index contributed by atoms with van der Waals surface area (Å²) < 4.78 is 4.85. The fourth-order valence-corrected chi connectivity index (χ4v) is 3.48. The van der Waals surface area contributed by atoms with Crippen LogP contribution in [0, 0.1) is 0 Å². The summed E-state index contributed by atoms with van der Waals surface area (Å²) in [4.78, 5) is 19.6. The predicted molar refractivity (Wildman–Crippen MR) is 79.0 cm³/mol. The number of ether oxygens (including phenoxy) is 1. The molecule has 4 nitrogen and oxygen atoms in total. The minimum absolute atomic E-state index is 0.0351. The maximum Gasteiger partial charge on any atom is 0.307 e. The van der Waals surface area contributed by atoms with E-state index in [9.17, 15) is 4.79 Å². The van der Waals surface area contributed by atoms with E-state index in [4.69, 9.17) is 4.74 Å². The van der Waals surface area contributed by atoms with Crippen LogP contribution in [0.25, 0.3) is 0 Å². The molecule has 0 fully saturated rings. The van der Waals surface area contributed by atoms with Crippen molar-refractivity contribution in [2.45, 2.75) is 18.9 Å². The highest BCUT2D eigenvalue weighted by atomic mass is 32.1. The van der Waals surface area contributed by atoms with Gasteiger partial charge in [-0.25, -0.2) is 0 Å². The van der Waals surface area contributed by atoms with Gasteiger partial charge in [-0.2, -0.15) is 0 Å². The molecule has 0 N–H and O–H groups in total. The number of aromatic nitrogens is 1. The summed E-state index contributed by atoms with van der Waals surface area (Å²) in [6.45, 7) is 0.895. The number of hydrogen-bond acceptors (Lipinski definition) is 5. The van der Waals surface area contributed by atoms with Crippen molar-refractivity contribution >= 4 is 23.0 Å². The largest absolute Gasteiger partial charge is 0.469 e. The van der Waals surface area contributed by atoms with Gasteiger partial charge < -0.3 is 9.64 Å². The number of esters is 1. The molecule has 0 radical (unpaired) electrons. The molecule has 0 saturated heterocycles. The van der Waals surface area contributed by atoms with Gasteiger partial charge in [0.2, 0.25) is 0 Å². The highest BCUT2D eigenvalue weighted by Crippen LogP contribution is 2.37. The van der Waals surface area contributed by atoms with Crippen LogP contribution in [-0.2, 0) is 16.0 Å². The van der Waals surface area contributed by atoms with Crippen molar-refractivity contribution in [3.63, 3.8) is 0 Å². The number of carbonyl (C=O) groups excluding carboxylic acids is 1. The molecule has 2 aromatic rings. The second-order valence-electron chi connectivity index (χ2n) is 4.72. The molecule has 1 unspecified atom stereocenters. The molecule has 20 heavy (non-hydrogen) atoms. The quantitative estimate of drug-likeness (QED) is 0.811. The van der Waals surface area contributed by atoms with Crippen molar-refractivity contribution < 1.29 is 9.53 Å². The first kappa shape index (κ1) is 13.1. The molecule has 0 amide bonds. The Balaban J connectivity index is 1.93. The van der Waals surface area contributed by atoms with Gasteiger partial charge in [-0.1, -0.05) is 6.07 Å². The number of methoxy groups -OCH3 is 1. The molecule has 5 heteroatoms. The van der Waals surface area contributed by atoms with Crippen LogP contribution in [0.4, 0.5) is 5.69 Å². The normalized spacial score (nSPS) is 14.9. The van der Waals surface area contributed by atoms with E-state index in [-0.39, 0.29) is 12.0 Å². The Morgan fingerprint density at radius 3 is 3.15 bits per heavy atom. The zero-order chi connectivity index (χ0) is 13.9. The van der Waals surface area contributed by atoms with Gasteiger partial charge >= 0.3 is 5.97 Å². The number of rotatable bonds is 4. The monoisotopic (exact) mass is 288 g/mol. The highest BCUT2D eigenvalue weighted by Gasteiger charge is 2.30. The predicted octanol–water partition coefficient (Wildman–Crippen LogP) is 2.81. The number of carbonyl (C=O) groups is 1. The third-order valence-corrected chi connectivity index (χ3v) is 4.57. The summed E-state index contributed by atoms with van der Waals surface area (Å²) in [7, 11) is 1.44. The molecule has 1 atom stereocenters. The van der Waals surface area contributed by atoms with Crippen molar-refractivity contribution in [3.05, 3.63) is 46.4 Å². The number of nitrogens with zero attached hydrogens (tertiary/aromatic N) is 2. The van der Waals surface area contributed by atoms with Crippen molar-refractivity contribution in [1.82, 2.24) is 4.98 Å². The molecular weight excluding hydrogens is 272 g/mol. The Morgan fingerprint density at radius 1 is 1.50 bits per heavy atom. The lowest BCUT2D eigenvalue weighted by atomic mass is 10.1. The molecule has 1 aliphatic heterocycles. The molecule has 0 bridgehead atoms. The first-order valence-electron chi connectivity index (χ1n) is 6.60. The lowest BCUT2D eigenvalue weighted by Gasteiger charge is -2.28. The maximum absolute atomic E-state index is 11.7. The standard InChI is InChI=1S/C15H16N2O2S/c1-19-15(18)10-13(14-5-3-9-20-14)17-8-6-11-12(17)4-2-7-16-11/h2-5,7,9,13H,6,8,10H2,1H3. The topological polar surface area (TPSA) is 42.4 Å². The van der Waals surface area contributed by atoms with Crippen LogP contribution in [0.15, 0.2) is 35.8 Å². The smallest absolute Gasteiger partial charge is 0.307 e. The van der Waals surface area contributed by atoms with Crippen LogP contribution < -0.4 is 4.90 Å². The second-order valence-corrected chi connectivity index (χ2v) is 5.70. The molecule has 3 rings (SSSR count). The number of pyridine rings is 1. The maximum atomic E-state index is 11.7. The van der Waals surface area contributed by atoms with E-state index >= 15 is 0 Å². The van der Waals surface area contributed by atoms with Crippen LogP contribution >= 0.6 is 11.3 Å². The van der Waals surface area contributed by atoms with Gasteiger partial charge in [0.1, 0.15) is 0 Å². The van der Waals surface area contributed by atoms with Gasteiger partial charge in [0.15, 0.2) is 0 Å². The Kier molecular flexibility index (Phi) is 3.69. The van der Waals surface area contributed by atoms with Crippen molar-refractivity contribution in [1.29, 1.82) is 0 Å². The van der Waals surface area contributed by atoms with Crippen molar-refractivity contribution in [3.8, 4) is 0 Å². The zero-order valence-corrected chi connectivity index (χ0v) is 12.1. The first-order valence-corrected chi connectivity index (χ1v) is 7.48. The molecule has 2 aromatic heterocycles. The molecule has 0 spiro atoms. The molecule has 0 saturated carbocycles. The average molecular weight is 288 g/mol. The van der Waals surface area contributed by atoms with E-state index in [0.717, 1.165) is 24.3 Å². The number of fused-ring (bicyclic) bond motifs is 1. The number of hydrogen-bond donors (Lipinski definition) is 0. The van der Waals surface area contributed by atoms with Crippen LogP contribution in [0.1, 0.15) is 23.0 Å². The Bertz CT molecular complexity index is 598. The third-order valence-electron chi connectivity index (χ3n) is 3.60. The third kappa shape index (κ3) is 2.41. The van der Waals surface area contributed by atoms with Gasteiger partial charge in [-0.15, -0.1) is 11.3 Å². The summed E-state index contributed by atoms with van der Waals surface area (Å²) in [6.07, 6.45) is 3.12. The summed E-state index contributed by atoms with van der Waals surface area (Å²) in [5.41, 5.74) is 2.24. The first-order chi connectivity index (χ1) is 9.79. The molecule has 3 heterocycles. The van der Waals surface area contributed by atoms with Gasteiger partial charge in [0, 0.05) is 24.0 Å². The minimum Gasteiger partial charge on any atom is -0.469 e. The van der Waals surface area contributed by atoms with Gasteiger partial charge in [-0.05, 0) is 23.6 Å².